The Morgan fingerprint density at radius 3 is 2.74 bits per heavy atom. The normalized spacial score (nSPS) is 15.1. The highest BCUT2D eigenvalue weighted by Gasteiger charge is 2.19. The van der Waals surface area contributed by atoms with Gasteiger partial charge in [0.2, 0.25) is 5.91 Å². The minimum atomic E-state index is -0.278. The summed E-state index contributed by atoms with van der Waals surface area (Å²) in [6, 6.07) is 9.91. The maximum Gasteiger partial charge on any atom is 0.222 e. The van der Waals surface area contributed by atoms with Crippen LogP contribution in [-0.4, -0.2) is 28.5 Å². The molecule has 7 heteroatoms. The van der Waals surface area contributed by atoms with E-state index >= 15 is 0 Å². The molecule has 4 rings (SSSR count). The number of halogens is 1. The molecule has 0 saturated carbocycles. The van der Waals surface area contributed by atoms with E-state index < -0.39 is 0 Å². The SMILES string of the molecule is O=C1CCCN1CCCn1c(-c2ccco2)csc1=Nc1ccc(F)cc1. The molecule has 0 N–H and O–H groups in total. The first-order chi connectivity index (χ1) is 13.2. The Hall–Kier alpha value is -2.67. The Morgan fingerprint density at radius 2 is 2.04 bits per heavy atom. The van der Waals surface area contributed by atoms with Crippen molar-refractivity contribution in [2.24, 2.45) is 4.99 Å². The van der Waals surface area contributed by atoms with Crippen LogP contribution in [0.15, 0.2) is 57.5 Å². The lowest BCUT2D eigenvalue weighted by Crippen LogP contribution is -2.27. The van der Waals surface area contributed by atoms with E-state index in [-0.39, 0.29) is 11.7 Å². The van der Waals surface area contributed by atoms with Crippen molar-refractivity contribution in [3.63, 3.8) is 0 Å². The molecule has 1 aliphatic rings. The van der Waals surface area contributed by atoms with Crippen molar-refractivity contribution in [3.05, 3.63) is 58.7 Å². The van der Waals surface area contributed by atoms with Gasteiger partial charge in [0.15, 0.2) is 10.6 Å². The zero-order chi connectivity index (χ0) is 18.6. The topological polar surface area (TPSA) is 50.7 Å². The molecule has 1 amide bonds. The Bertz CT molecular complexity index is 974. The van der Waals surface area contributed by atoms with Crippen molar-refractivity contribution >= 4 is 22.9 Å². The minimum Gasteiger partial charge on any atom is -0.463 e. The second kappa shape index (κ2) is 7.92. The van der Waals surface area contributed by atoms with E-state index in [2.05, 4.69) is 9.56 Å². The predicted molar refractivity (Wildman–Crippen MR) is 102 cm³/mol. The van der Waals surface area contributed by atoms with Crippen molar-refractivity contribution in [1.82, 2.24) is 9.47 Å². The van der Waals surface area contributed by atoms with Crippen LogP contribution in [-0.2, 0) is 11.3 Å². The molecule has 1 fully saturated rings. The van der Waals surface area contributed by atoms with Gasteiger partial charge in [-0.2, -0.15) is 0 Å². The lowest BCUT2D eigenvalue weighted by molar-refractivity contribution is -0.127. The van der Waals surface area contributed by atoms with Crippen LogP contribution in [0.25, 0.3) is 11.5 Å². The molecule has 140 valence electrons. The summed E-state index contributed by atoms with van der Waals surface area (Å²) in [6.07, 6.45) is 4.10. The maximum atomic E-state index is 13.2. The molecular formula is C20H20FN3O2S. The number of thiazole rings is 1. The molecular weight excluding hydrogens is 365 g/mol. The molecule has 3 heterocycles. The van der Waals surface area contributed by atoms with Crippen LogP contribution in [0.2, 0.25) is 0 Å². The van der Waals surface area contributed by atoms with E-state index in [1.165, 1.54) is 23.5 Å². The molecule has 27 heavy (non-hydrogen) atoms. The quantitative estimate of drug-likeness (QED) is 0.639. The van der Waals surface area contributed by atoms with E-state index in [9.17, 15) is 9.18 Å². The first-order valence-corrected chi connectivity index (χ1v) is 9.89. The molecule has 3 aromatic rings. The van der Waals surface area contributed by atoms with E-state index in [1.54, 1.807) is 18.4 Å². The molecule has 0 radical (unpaired) electrons. The Balaban J connectivity index is 1.61. The number of aromatic nitrogens is 1. The summed E-state index contributed by atoms with van der Waals surface area (Å²) in [6.45, 7) is 2.32. The van der Waals surface area contributed by atoms with Crippen LogP contribution >= 0.6 is 11.3 Å². The lowest BCUT2D eigenvalue weighted by atomic mass is 10.3. The van der Waals surface area contributed by atoms with Gasteiger partial charge in [0.05, 0.1) is 17.6 Å². The summed E-state index contributed by atoms with van der Waals surface area (Å²) in [5.41, 5.74) is 1.66. The first-order valence-electron chi connectivity index (χ1n) is 9.01. The summed E-state index contributed by atoms with van der Waals surface area (Å²) in [4.78, 5) is 19.2. The lowest BCUT2D eigenvalue weighted by Gasteiger charge is -2.16. The highest BCUT2D eigenvalue weighted by atomic mass is 32.1. The number of carbonyl (C=O) groups excluding carboxylic acids is 1. The van der Waals surface area contributed by atoms with Gasteiger partial charge in [0.1, 0.15) is 5.82 Å². The molecule has 5 nitrogen and oxygen atoms in total. The third kappa shape index (κ3) is 4.03. The summed E-state index contributed by atoms with van der Waals surface area (Å²) >= 11 is 1.52. The van der Waals surface area contributed by atoms with Crippen molar-refractivity contribution < 1.29 is 13.6 Å². The zero-order valence-electron chi connectivity index (χ0n) is 14.8. The van der Waals surface area contributed by atoms with Gasteiger partial charge in [-0.1, -0.05) is 0 Å². The number of furan rings is 1. The molecule has 1 saturated heterocycles. The van der Waals surface area contributed by atoms with Crippen molar-refractivity contribution in [1.29, 1.82) is 0 Å². The van der Waals surface area contributed by atoms with Gasteiger partial charge in [-0.15, -0.1) is 11.3 Å². The van der Waals surface area contributed by atoms with Crippen LogP contribution in [0.1, 0.15) is 19.3 Å². The summed E-state index contributed by atoms with van der Waals surface area (Å²) < 4.78 is 20.8. The molecule has 0 atom stereocenters. The molecule has 1 aromatic carbocycles. The van der Waals surface area contributed by atoms with E-state index in [0.717, 1.165) is 48.7 Å². The fourth-order valence-electron chi connectivity index (χ4n) is 3.24. The highest BCUT2D eigenvalue weighted by molar-refractivity contribution is 7.07. The summed E-state index contributed by atoms with van der Waals surface area (Å²) in [5, 5.41) is 2.02. The van der Waals surface area contributed by atoms with Gasteiger partial charge < -0.3 is 13.9 Å². The molecule has 1 aliphatic heterocycles. The number of rotatable bonds is 6. The number of hydrogen-bond donors (Lipinski definition) is 0. The number of benzene rings is 1. The first kappa shape index (κ1) is 17.7. The molecule has 0 bridgehead atoms. The summed E-state index contributed by atoms with van der Waals surface area (Å²) in [7, 11) is 0. The highest BCUT2D eigenvalue weighted by Crippen LogP contribution is 2.22. The average molecular weight is 385 g/mol. The molecule has 0 spiro atoms. The van der Waals surface area contributed by atoms with Crippen molar-refractivity contribution in [2.45, 2.75) is 25.8 Å². The smallest absolute Gasteiger partial charge is 0.222 e. The number of hydrogen-bond acceptors (Lipinski definition) is 4. The Kier molecular flexibility index (Phi) is 5.20. The zero-order valence-corrected chi connectivity index (χ0v) is 15.6. The number of carbonyl (C=O) groups is 1. The average Bonchev–Trinajstić information content (AvgIpc) is 3.40. The molecule has 0 aliphatic carbocycles. The third-order valence-corrected chi connectivity index (χ3v) is 5.47. The van der Waals surface area contributed by atoms with Gasteiger partial charge in [0.25, 0.3) is 0 Å². The van der Waals surface area contributed by atoms with Crippen molar-refractivity contribution in [2.75, 3.05) is 13.1 Å². The van der Waals surface area contributed by atoms with Gasteiger partial charge >= 0.3 is 0 Å². The van der Waals surface area contributed by atoms with Gasteiger partial charge in [0, 0.05) is 31.4 Å². The maximum absolute atomic E-state index is 13.2. The third-order valence-electron chi connectivity index (χ3n) is 4.60. The fraction of sp³-hybridized carbons (Fsp3) is 0.300. The van der Waals surface area contributed by atoms with Crippen LogP contribution in [0, 0.1) is 5.82 Å². The Labute approximate surface area is 160 Å². The van der Waals surface area contributed by atoms with Crippen LogP contribution in [0.3, 0.4) is 0 Å². The summed E-state index contributed by atoms with van der Waals surface area (Å²) in [5.74, 6) is 0.747. The van der Waals surface area contributed by atoms with Crippen LogP contribution in [0.5, 0.6) is 0 Å². The second-order valence-corrected chi connectivity index (χ2v) is 7.30. The second-order valence-electron chi connectivity index (χ2n) is 6.46. The van der Waals surface area contributed by atoms with Gasteiger partial charge in [-0.05, 0) is 49.2 Å². The molecule has 0 unspecified atom stereocenters. The minimum absolute atomic E-state index is 0.243. The number of likely N-dealkylation sites (tertiary alicyclic amines) is 1. The van der Waals surface area contributed by atoms with E-state index in [0.29, 0.717) is 12.1 Å². The standard InChI is InChI=1S/C20H20FN3O2S/c21-15-6-8-16(9-7-15)22-20-24(12-3-11-23-10-1-5-19(23)25)17(14-27-20)18-4-2-13-26-18/h2,4,6-9,13-14H,1,3,5,10-12H2. The van der Waals surface area contributed by atoms with Crippen LogP contribution in [0.4, 0.5) is 10.1 Å². The largest absolute Gasteiger partial charge is 0.463 e. The monoisotopic (exact) mass is 385 g/mol. The van der Waals surface area contributed by atoms with Crippen molar-refractivity contribution in [3.8, 4) is 11.5 Å². The van der Waals surface area contributed by atoms with E-state index in [1.807, 2.05) is 22.4 Å². The van der Waals surface area contributed by atoms with E-state index in [4.69, 9.17) is 4.42 Å². The predicted octanol–water partition coefficient (Wildman–Crippen LogP) is 4.19. The van der Waals surface area contributed by atoms with Gasteiger partial charge in [-0.25, -0.2) is 9.38 Å². The fourth-order valence-corrected chi connectivity index (χ4v) is 4.18. The van der Waals surface area contributed by atoms with Crippen LogP contribution < -0.4 is 4.80 Å². The number of amides is 1. The van der Waals surface area contributed by atoms with Gasteiger partial charge in [-0.3, -0.25) is 4.79 Å². The number of nitrogens with zero attached hydrogens (tertiary/aromatic N) is 3. The molecule has 2 aromatic heterocycles. The Morgan fingerprint density at radius 1 is 1.19 bits per heavy atom.